The predicted molar refractivity (Wildman–Crippen MR) is 63.3 cm³/mol. The molecule has 3 N–H and O–H groups in total. The second kappa shape index (κ2) is 4.37. The van der Waals surface area contributed by atoms with Crippen molar-refractivity contribution in [3.05, 3.63) is 47.4 Å². The van der Waals surface area contributed by atoms with Gasteiger partial charge in [0.1, 0.15) is 11.6 Å². The van der Waals surface area contributed by atoms with E-state index in [1.54, 1.807) is 18.2 Å². The van der Waals surface area contributed by atoms with Crippen LogP contribution in [-0.4, -0.2) is 4.98 Å². The number of aromatic nitrogens is 1. The van der Waals surface area contributed by atoms with Gasteiger partial charge < -0.3 is 11.1 Å². The zero-order valence-corrected chi connectivity index (χ0v) is 9.00. The molecule has 0 fully saturated rings. The molecule has 1 heterocycles. The van der Waals surface area contributed by atoms with Crippen molar-refractivity contribution < 1.29 is 4.39 Å². The zero-order valence-electron chi connectivity index (χ0n) is 8.24. The number of halogens is 2. The van der Waals surface area contributed by atoms with E-state index in [9.17, 15) is 4.39 Å². The van der Waals surface area contributed by atoms with Crippen molar-refractivity contribution in [2.75, 3.05) is 11.1 Å². The highest BCUT2D eigenvalue weighted by Crippen LogP contribution is 2.24. The van der Waals surface area contributed by atoms with Crippen molar-refractivity contribution >= 4 is 28.8 Å². The number of hydrogen-bond acceptors (Lipinski definition) is 3. The van der Waals surface area contributed by atoms with Gasteiger partial charge in [0, 0.05) is 5.69 Å². The van der Waals surface area contributed by atoms with Gasteiger partial charge in [0.05, 0.1) is 16.9 Å². The fourth-order valence-corrected chi connectivity index (χ4v) is 1.47. The molecule has 2 rings (SSSR count). The van der Waals surface area contributed by atoms with Crippen LogP contribution in [0.15, 0.2) is 36.5 Å². The van der Waals surface area contributed by atoms with E-state index >= 15 is 0 Å². The molecule has 16 heavy (non-hydrogen) atoms. The first-order valence-corrected chi connectivity index (χ1v) is 4.96. The molecular formula is C11H9ClFN3. The molecule has 0 aliphatic carbocycles. The van der Waals surface area contributed by atoms with E-state index in [4.69, 9.17) is 17.3 Å². The Kier molecular flexibility index (Phi) is 2.92. The van der Waals surface area contributed by atoms with Gasteiger partial charge in [-0.3, -0.25) is 0 Å². The summed E-state index contributed by atoms with van der Waals surface area (Å²) in [5, 5.41) is 3.29. The second-order valence-corrected chi connectivity index (χ2v) is 3.64. The average molecular weight is 238 g/mol. The monoisotopic (exact) mass is 237 g/mol. The van der Waals surface area contributed by atoms with E-state index < -0.39 is 0 Å². The first kappa shape index (κ1) is 10.7. The fraction of sp³-hybridized carbons (Fsp3) is 0. The van der Waals surface area contributed by atoms with E-state index in [-0.39, 0.29) is 5.82 Å². The number of nitrogens with two attached hydrogens (primary N) is 1. The first-order chi connectivity index (χ1) is 7.65. The summed E-state index contributed by atoms with van der Waals surface area (Å²) in [5.74, 6) is 0.123. The number of nitrogen functional groups attached to an aromatic ring is 1. The van der Waals surface area contributed by atoms with Crippen LogP contribution in [0.3, 0.4) is 0 Å². The van der Waals surface area contributed by atoms with Crippen molar-refractivity contribution in [3.63, 3.8) is 0 Å². The molecule has 5 heteroatoms. The first-order valence-electron chi connectivity index (χ1n) is 4.59. The molecule has 0 saturated carbocycles. The molecule has 0 bridgehead atoms. The predicted octanol–water partition coefficient (Wildman–Crippen LogP) is 3.20. The van der Waals surface area contributed by atoms with Gasteiger partial charge in [0.2, 0.25) is 0 Å². The molecule has 0 radical (unpaired) electrons. The van der Waals surface area contributed by atoms with Gasteiger partial charge in [0.25, 0.3) is 0 Å². The fourth-order valence-electron chi connectivity index (χ4n) is 1.25. The Morgan fingerprint density at radius 3 is 2.81 bits per heavy atom. The molecule has 3 nitrogen and oxygen atoms in total. The minimum atomic E-state index is -0.323. The molecule has 0 spiro atoms. The maximum Gasteiger partial charge on any atom is 0.149 e. The number of pyridine rings is 1. The third-order valence-electron chi connectivity index (χ3n) is 1.95. The van der Waals surface area contributed by atoms with Gasteiger partial charge in [-0.15, -0.1) is 0 Å². The number of anilines is 3. The minimum Gasteiger partial charge on any atom is -0.397 e. The van der Waals surface area contributed by atoms with Gasteiger partial charge in [-0.05, 0) is 24.3 Å². The lowest BCUT2D eigenvalue weighted by Crippen LogP contribution is -1.96. The standard InChI is InChI=1S/C11H9ClFN3/c12-10-5-8(14)6-15-11(10)16-9-3-1-2-7(13)4-9/h1-6H,14H2,(H,15,16). The smallest absolute Gasteiger partial charge is 0.149 e. The van der Waals surface area contributed by atoms with Gasteiger partial charge in [-0.25, -0.2) is 9.37 Å². The number of nitrogens with zero attached hydrogens (tertiary/aromatic N) is 1. The number of rotatable bonds is 2. The molecule has 82 valence electrons. The molecule has 1 aromatic carbocycles. The van der Waals surface area contributed by atoms with Gasteiger partial charge >= 0.3 is 0 Å². The summed E-state index contributed by atoms with van der Waals surface area (Å²) < 4.78 is 12.9. The van der Waals surface area contributed by atoms with Crippen LogP contribution < -0.4 is 11.1 Å². The second-order valence-electron chi connectivity index (χ2n) is 3.23. The summed E-state index contributed by atoms with van der Waals surface area (Å²) in [7, 11) is 0. The Morgan fingerprint density at radius 1 is 1.31 bits per heavy atom. The Labute approximate surface area is 97.1 Å². The van der Waals surface area contributed by atoms with E-state index in [0.29, 0.717) is 22.2 Å². The molecule has 2 aromatic rings. The van der Waals surface area contributed by atoms with Crippen molar-refractivity contribution in [1.29, 1.82) is 0 Å². The van der Waals surface area contributed by atoms with Crippen LogP contribution in [0.1, 0.15) is 0 Å². The lowest BCUT2D eigenvalue weighted by Gasteiger charge is -2.07. The summed E-state index contributed by atoms with van der Waals surface area (Å²) in [6.45, 7) is 0. The third kappa shape index (κ3) is 2.41. The molecule has 0 saturated heterocycles. The highest BCUT2D eigenvalue weighted by molar-refractivity contribution is 6.33. The largest absolute Gasteiger partial charge is 0.397 e. The molecule has 0 amide bonds. The van der Waals surface area contributed by atoms with Gasteiger partial charge in [-0.2, -0.15) is 0 Å². The van der Waals surface area contributed by atoms with Crippen LogP contribution >= 0.6 is 11.6 Å². The molecule has 1 aromatic heterocycles. The normalized spacial score (nSPS) is 10.1. The molecule has 0 unspecified atom stereocenters. The highest BCUT2D eigenvalue weighted by Gasteiger charge is 2.03. The summed E-state index contributed by atoms with van der Waals surface area (Å²) in [6, 6.07) is 7.62. The summed E-state index contributed by atoms with van der Waals surface area (Å²) in [5.41, 5.74) is 6.57. The zero-order chi connectivity index (χ0) is 11.5. The lowest BCUT2D eigenvalue weighted by molar-refractivity contribution is 0.628. The Morgan fingerprint density at radius 2 is 2.12 bits per heavy atom. The van der Waals surface area contributed by atoms with Crippen molar-refractivity contribution in [3.8, 4) is 0 Å². The van der Waals surface area contributed by atoms with E-state index in [1.807, 2.05) is 0 Å². The number of nitrogens with one attached hydrogen (secondary N) is 1. The molecular weight excluding hydrogens is 229 g/mol. The van der Waals surface area contributed by atoms with Crippen LogP contribution in [0.25, 0.3) is 0 Å². The topological polar surface area (TPSA) is 50.9 Å². The Balaban J connectivity index is 2.27. The summed E-state index contributed by atoms with van der Waals surface area (Å²) in [6.07, 6.45) is 1.48. The van der Waals surface area contributed by atoms with Crippen LogP contribution in [0.4, 0.5) is 21.6 Å². The van der Waals surface area contributed by atoms with Crippen molar-refractivity contribution in [2.45, 2.75) is 0 Å². The van der Waals surface area contributed by atoms with Crippen LogP contribution in [-0.2, 0) is 0 Å². The quantitative estimate of drug-likeness (QED) is 0.843. The van der Waals surface area contributed by atoms with Gasteiger partial charge in [0.15, 0.2) is 0 Å². The molecule has 0 aliphatic heterocycles. The SMILES string of the molecule is Nc1cnc(Nc2cccc(F)c2)c(Cl)c1. The summed E-state index contributed by atoms with van der Waals surface area (Å²) >= 11 is 5.92. The minimum absolute atomic E-state index is 0.323. The third-order valence-corrected chi connectivity index (χ3v) is 2.24. The Bertz CT molecular complexity index is 516. The van der Waals surface area contributed by atoms with Crippen molar-refractivity contribution in [1.82, 2.24) is 4.98 Å². The van der Waals surface area contributed by atoms with Crippen molar-refractivity contribution in [2.24, 2.45) is 0 Å². The number of benzene rings is 1. The molecule has 0 atom stereocenters. The number of hydrogen-bond donors (Lipinski definition) is 2. The molecule has 0 aliphatic rings. The maximum atomic E-state index is 12.9. The van der Waals surface area contributed by atoms with Crippen LogP contribution in [0.2, 0.25) is 5.02 Å². The Hall–Kier alpha value is -1.81. The summed E-state index contributed by atoms with van der Waals surface area (Å²) in [4.78, 5) is 4.01. The van der Waals surface area contributed by atoms with E-state index in [0.717, 1.165) is 0 Å². The van der Waals surface area contributed by atoms with Crippen LogP contribution in [0, 0.1) is 5.82 Å². The van der Waals surface area contributed by atoms with Gasteiger partial charge in [-0.1, -0.05) is 17.7 Å². The highest BCUT2D eigenvalue weighted by atomic mass is 35.5. The lowest BCUT2D eigenvalue weighted by atomic mass is 10.3. The van der Waals surface area contributed by atoms with E-state index in [2.05, 4.69) is 10.3 Å². The van der Waals surface area contributed by atoms with Crippen LogP contribution in [0.5, 0.6) is 0 Å². The average Bonchev–Trinajstić information content (AvgIpc) is 2.22. The van der Waals surface area contributed by atoms with E-state index in [1.165, 1.54) is 18.3 Å². The maximum absolute atomic E-state index is 12.9.